The van der Waals surface area contributed by atoms with Gasteiger partial charge in [0.25, 0.3) is 0 Å². The van der Waals surface area contributed by atoms with Crippen molar-refractivity contribution in [3.63, 3.8) is 0 Å². The third-order valence-electron chi connectivity index (χ3n) is 5.74. The van der Waals surface area contributed by atoms with Crippen LogP contribution in [-0.4, -0.2) is 78.9 Å². The fraction of sp³-hybridized carbons (Fsp3) is 0.417. The standard InChI is InChI=1S/C24H28N4O5S/c1-2-33-24(32)20-18(16-6-4-3-5-7-16)15-34-22(20)26-19(29)14-27-10-12-28(13-11-27)23(31)21(30)25-17-8-9-17/h3-7,15,17H,2,8-14H2,1H3,(H,25,30)(H,26,29). The summed E-state index contributed by atoms with van der Waals surface area (Å²) in [5, 5.41) is 7.87. The second-order valence-corrected chi connectivity index (χ2v) is 9.18. The van der Waals surface area contributed by atoms with Gasteiger partial charge in [-0.05, 0) is 25.3 Å². The third kappa shape index (κ3) is 5.81. The van der Waals surface area contributed by atoms with Gasteiger partial charge in [-0.3, -0.25) is 19.3 Å². The van der Waals surface area contributed by atoms with Gasteiger partial charge in [0.15, 0.2) is 0 Å². The summed E-state index contributed by atoms with van der Waals surface area (Å²) >= 11 is 1.28. The average Bonchev–Trinajstić information content (AvgIpc) is 3.56. The molecule has 1 aliphatic heterocycles. The highest BCUT2D eigenvalue weighted by atomic mass is 32.1. The molecule has 0 unspecified atom stereocenters. The smallest absolute Gasteiger partial charge is 0.341 e. The van der Waals surface area contributed by atoms with E-state index in [0.29, 0.717) is 36.7 Å². The van der Waals surface area contributed by atoms with Crippen LogP contribution in [0.25, 0.3) is 11.1 Å². The Hall–Kier alpha value is -3.24. The maximum absolute atomic E-state index is 12.8. The molecule has 3 amide bonds. The number of nitrogens with one attached hydrogen (secondary N) is 2. The highest BCUT2D eigenvalue weighted by Crippen LogP contribution is 2.36. The van der Waals surface area contributed by atoms with E-state index in [4.69, 9.17) is 4.74 Å². The molecule has 180 valence electrons. The number of piperazine rings is 1. The quantitative estimate of drug-likeness (QED) is 0.460. The van der Waals surface area contributed by atoms with Crippen molar-refractivity contribution in [2.45, 2.75) is 25.8 Å². The summed E-state index contributed by atoms with van der Waals surface area (Å²) in [6.07, 6.45) is 1.85. The number of rotatable bonds is 7. The van der Waals surface area contributed by atoms with E-state index in [1.807, 2.05) is 40.6 Å². The van der Waals surface area contributed by atoms with Gasteiger partial charge in [-0.25, -0.2) is 4.79 Å². The maximum atomic E-state index is 12.8. The Labute approximate surface area is 202 Å². The Balaban J connectivity index is 1.35. The number of esters is 1. The third-order valence-corrected chi connectivity index (χ3v) is 6.64. The van der Waals surface area contributed by atoms with Gasteiger partial charge in [-0.1, -0.05) is 30.3 Å². The minimum atomic E-state index is -0.549. The fourth-order valence-electron chi connectivity index (χ4n) is 3.78. The van der Waals surface area contributed by atoms with E-state index in [-0.39, 0.29) is 25.1 Å². The van der Waals surface area contributed by atoms with Gasteiger partial charge in [0.2, 0.25) is 5.91 Å². The highest BCUT2D eigenvalue weighted by Gasteiger charge is 2.31. The molecule has 0 bridgehead atoms. The van der Waals surface area contributed by atoms with Crippen LogP contribution in [-0.2, 0) is 19.1 Å². The number of amides is 3. The lowest BCUT2D eigenvalue weighted by molar-refractivity contribution is -0.147. The van der Waals surface area contributed by atoms with E-state index in [2.05, 4.69) is 10.6 Å². The van der Waals surface area contributed by atoms with E-state index in [1.165, 1.54) is 16.2 Å². The van der Waals surface area contributed by atoms with Gasteiger partial charge in [0.1, 0.15) is 10.6 Å². The summed E-state index contributed by atoms with van der Waals surface area (Å²) < 4.78 is 5.24. The predicted molar refractivity (Wildman–Crippen MR) is 129 cm³/mol. The lowest BCUT2D eigenvalue weighted by Gasteiger charge is -2.33. The van der Waals surface area contributed by atoms with Crippen LogP contribution in [0.4, 0.5) is 5.00 Å². The van der Waals surface area contributed by atoms with E-state index < -0.39 is 17.8 Å². The molecule has 2 fully saturated rings. The number of carbonyl (C=O) groups excluding carboxylic acids is 4. The molecule has 2 heterocycles. The first-order valence-corrected chi connectivity index (χ1v) is 12.3. The number of anilines is 1. The van der Waals surface area contributed by atoms with E-state index in [1.54, 1.807) is 6.92 Å². The monoisotopic (exact) mass is 484 g/mol. The van der Waals surface area contributed by atoms with Crippen molar-refractivity contribution in [2.24, 2.45) is 0 Å². The Kier molecular flexibility index (Phi) is 7.59. The molecule has 10 heteroatoms. The molecule has 2 aromatic rings. The first kappa shape index (κ1) is 23.9. The zero-order chi connectivity index (χ0) is 24.1. The van der Waals surface area contributed by atoms with Gasteiger partial charge in [-0.15, -0.1) is 11.3 Å². The van der Waals surface area contributed by atoms with Crippen LogP contribution in [0.1, 0.15) is 30.1 Å². The number of nitrogens with zero attached hydrogens (tertiary/aromatic N) is 2. The Morgan fingerprint density at radius 1 is 1.06 bits per heavy atom. The van der Waals surface area contributed by atoms with Crippen molar-refractivity contribution in [3.8, 4) is 11.1 Å². The van der Waals surface area contributed by atoms with Crippen LogP contribution in [0.5, 0.6) is 0 Å². The Morgan fingerprint density at radius 3 is 2.41 bits per heavy atom. The number of ether oxygens (including phenoxy) is 1. The molecule has 0 atom stereocenters. The van der Waals surface area contributed by atoms with Crippen molar-refractivity contribution in [2.75, 3.05) is 44.6 Å². The van der Waals surface area contributed by atoms with Gasteiger partial charge >= 0.3 is 17.8 Å². The zero-order valence-electron chi connectivity index (χ0n) is 19.0. The fourth-order valence-corrected chi connectivity index (χ4v) is 4.76. The molecule has 0 radical (unpaired) electrons. The molecule has 1 aliphatic carbocycles. The minimum absolute atomic E-state index is 0.122. The van der Waals surface area contributed by atoms with Crippen molar-refractivity contribution >= 4 is 40.0 Å². The van der Waals surface area contributed by atoms with Crippen molar-refractivity contribution in [1.82, 2.24) is 15.1 Å². The topological polar surface area (TPSA) is 108 Å². The molecule has 0 spiro atoms. The molecule has 34 heavy (non-hydrogen) atoms. The molecule has 2 aliphatic rings. The summed E-state index contributed by atoms with van der Waals surface area (Å²) in [6, 6.07) is 9.63. The lowest BCUT2D eigenvalue weighted by atomic mass is 10.0. The molecule has 4 rings (SSSR count). The number of hydrogen-bond acceptors (Lipinski definition) is 7. The molecule has 9 nitrogen and oxygen atoms in total. The molecule has 2 N–H and O–H groups in total. The summed E-state index contributed by atoms with van der Waals surface area (Å²) in [4.78, 5) is 53.1. The summed E-state index contributed by atoms with van der Waals surface area (Å²) in [5.74, 6) is -1.79. The summed E-state index contributed by atoms with van der Waals surface area (Å²) in [6.45, 7) is 3.84. The van der Waals surface area contributed by atoms with Crippen LogP contribution < -0.4 is 10.6 Å². The van der Waals surface area contributed by atoms with Crippen molar-refractivity contribution < 1.29 is 23.9 Å². The number of benzene rings is 1. The molecular formula is C24H28N4O5S. The van der Waals surface area contributed by atoms with Crippen LogP contribution in [0.3, 0.4) is 0 Å². The first-order valence-electron chi connectivity index (χ1n) is 11.4. The second-order valence-electron chi connectivity index (χ2n) is 8.30. The minimum Gasteiger partial charge on any atom is -0.462 e. The van der Waals surface area contributed by atoms with Crippen LogP contribution >= 0.6 is 11.3 Å². The summed E-state index contributed by atoms with van der Waals surface area (Å²) in [7, 11) is 0. The predicted octanol–water partition coefficient (Wildman–Crippen LogP) is 1.95. The largest absolute Gasteiger partial charge is 0.462 e. The number of thiophene rings is 1. The zero-order valence-corrected chi connectivity index (χ0v) is 19.9. The van der Waals surface area contributed by atoms with Crippen LogP contribution in [0.15, 0.2) is 35.7 Å². The molecule has 1 saturated heterocycles. The number of carbonyl (C=O) groups is 4. The van der Waals surface area contributed by atoms with E-state index >= 15 is 0 Å². The molecule has 1 aromatic carbocycles. The lowest BCUT2D eigenvalue weighted by Crippen LogP contribution is -2.53. The first-order chi connectivity index (χ1) is 16.5. The molecule has 1 saturated carbocycles. The van der Waals surface area contributed by atoms with Gasteiger partial charge < -0.3 is 20.3 Å². The molecular weight excluding hydrogens is 456 g/mol. The van der Waals surface area contributed by atoms with Crippen molar-refractivity contribution in [1.29, 1.82) is 0 Å². The number of hydrogen-bond donors (Lipinski definition) is 2. The molecule has 1 aromatic heterocycles. The summed E-state index contributed by atoms with van der Waals surface area (Å²) in [5.41, 5.74) is 1.94. The van der Waals surface area contributed by atoms with Gasteiger partial charge in [-0.2, -0.15) is 0 Å². The van der Waals surface area contributed by atoms with E-state index in [9.17, 15) is 19.2 Å². The SMILES string of the molecule is CCOC(=O)c1c(-c2ccccc2)csc1NC(=O)CN1CCN(C(=O)C(=O)NC2CC2)CC1. The Morgan fingerprint density at radius 2 is 1.76 bits per heavy atom. The Bertz CT molecular complexity index is 1060. The van der Waals surface area contributed by atoms with Gasteiger partial charge in [0.05, 0.1) is 13.2 Å². The van der Waals surface area contributed by atoms with E-state index in [0.717, 1.165) is 24.0 Å². The van der Waals surface area contributed by atoms with Gasteiger partial charge in [0, 0.05) is 43.2 Å². The highest BCUT2D eigenvalue weighted by molar-refractivity contribution is 7.15. The van der Waals surface area contributed by atoms with Crippen LogP contribution in [0, 0.1) is 0 Å². The normalized spacial score (nSPS) is 16.1. The average molecular weight is 485 g/mol. The maximum Gasteiger partial charge on any atom is 0.341 e. The van der Waals surface area contributed by atoms with Crippen molar-refractivity contribution in [3.05, 3.63) is 41.3 Å². The van der Waals surface area contributed by atoms with Crippen LogP contribution in [0.2, 0.25) is 0 Å². The second kappa shape index (κ2) is 10.8.